The maximum atomic E-state index is 6.69. The van der Waals surface area contributed by atoms with Gasteiger partial charge in [-0.2, -0.15) is 0 Å². The van der Waals surface area contributed by atoms with E-state index in [4.69, 9.17) is 4.74 Å². The molecule has 2 nitrogen and oxygen atoms in total. The van der Waals surface area contributed by atoms with Crippen LogP contribution in [0, 0.1) is 29.1 Å². The summed E-state index contributed by atoms with van der Waals surface area (Å²) in [5.41, 5.74) is 12.5. The molecule has 3 atom stereocenters. The average Bonchev–Trinajstić information content (AvgIpc) is 3.13. The van der Waals surface area contributed by atoms with Crippen LogP contribution in [0.1, 0.15) is 62.6 Å². The Morgan fingerprint density at radius 3 is 2.85 bits per heavy atom. The van der Waals surface area contributed by atoms with E-state index in [2.05, 4.69) is 110 Å². The summed E-state index contributed by atoms with van der Waals surface area (Å²) in [7, 11) is 0. The Kier molecular flexibility index (Phi) is 5.48. The molecule has 0 saturated carbocycles. The van der Waals surface area contributed by atoms with Gasteiger partial charge in [0.05, 0.1) is 6.04 Å². The number of fused-ring (bicyclic) bond motifs is 7. The molecule has 40 heavy (non-hydrogen) atoms. The van der Waals surface area contributed by atoms with Gasteiger partial charge < -0.3 is 10.1 Å². The largest absolute Gasteiger partial charge is 0.456 e. The molecule has 0 fully saturated rings. The molecule has 0 aromatic heterocycles. The van der Waals surface area contributed by atoms with E-state index in [0.29, 0.717) is 17.9 Å². The lowest BCUT2D eigenvalue weighted by Crippen LogP contribution is -2.35. The van der Waals surface area contributed by atoms with Gasteiger partial charge in [-0.25, -0.2) is 0 Å². The Bertz CT molecular complexity index is 1690. The fraction of sp³-hybridized carbons (Fsp3) is 0.316. The summed E-state index contributed by atoms with van der Waals surface area (Å²) < 4.78 is 6.69. The van der Waals surface area contributed by atoms with Crippen LogP contribution in [-0.2, 0) is 0 Å². The molecule has 0 amide bonds. The fourth-order valence-corrected chi connectivity index (χ4v) is 8.07. The lowest BCUT2D eigenvalue weighted by molar-refractivity contribution is 0.314. The summed E-state index contributed by atoms with van der Waals surface area (Å²) in [4.78, 5) is 0. The maximum Gasteiger partial charge on any atom is 0.135 e. The van der Waals surface area contributed by atoms with E-state index in [1.165, 1.54) is 50.1 Å². The van der Waals surface area contributed by atoms with Crippen molar-refractivity contribution in [3.8, 4) is 23.3 Å². The van der Waals surface area contributed by atoms with E-state index in [-0.39, 0.29) is 5.41 Å². The Morgan fingerprint density at radius 1 is 1.00 bits per heavy atom. The minimum absolute atomic E-state index is 0.0386. The molecule has 6 aliphatic rings. The molecular formula is C38H35NO. The monoisotopic (exact) mass is 521 g/mol. The highest BCUT2D eigenvalue weighted by molar-refractivity contribution is 6.01. The van der Waals surface area contributed by atoms with Gasteiger partial charge in [-0.15, -0.1) is 5.92 Å². The second-order valence-corrected chi connectivity index (χ2v) is 12.5. The highest BCUT2D eigenvalue weighted by atomic mass is 16.5. The quantitative estimate of drug-likeness (QED) is 0.399. The van der Waals surface area contributed by atoms with Crippen molar-refractivity contribution in [1.29, 1.82) is 0 Å². The number of allylic oxidation sites excluding steroid dienone is 8. The third-order valence-electron chi connectivity index (χ3n) is 9.89. The van der Waals surface area contributed by atoms with Gasteiger partial charge in [0, 0.05) is 41.3 Å². The zero-order chi connectivity index (χ0) is 26.8. The van der Waals surface area contributed by atoms with E-state index in [1.807, 2.05) is 0 Å². The van der Waals surface area contributed by atoms with Crippen molar-refractivity contribution in [2.75, 3.05) is 6.54 Å². The Balaban J connectivity index is 1.26. The van der Waals surface area contributed by atoms with Crippen LogP contribution in [0.15, 0.2) is 95.6 Å². The van der Waals surface area contributed by atoms with Gasteiger partial charge in [-0.05, 0) is 82.9 Å². The number of nitrogens with one attached hydrogen (secondary N) is 1. The molecule has 1 N–H and O–H groups in total. The van der Waals surface area contributed by atoms with Gasteiger partial charge in [-0.3, -0.25) is 0 Å². The van der Waals surface area contributed by atoms with E-state index in [9.17, 15) is 0 Å². The molecule has 2 heterocycles. The number of benzene rings is 2. The SMILES string of the molecule is CC1(C)C2=C(c3cc(C4=CCCC(C5=C6C=CC=CC6NCC5)=C4)ccc3Oc3ccccc32)C2CCC#CC21. The molecule has 198 valence electrons. The van der Waals surface area contributed by atoms with Crippen LogP contribution in [0.5, 0.6) is 11.5 Å². The third kappa shape index (κ3) is 3.61. The number of hydrogen-bond donors (Lipinski definition) is 1. The van der Waals surface area contributed by atoms with Crippen molar-refractivity contribution in [3.05, 3.63) is 112 Å². The average molecular weight is 522 g/mol. The highest BCUT2D eigenvalue weighted by Gasteiger charge is 2.50. The van der Waals surface area contributed by atoms with Crippen molar-refractivity contribution in [2.45, 2.75) is 52.0 Å². The first-order chi connectivity index (χ1) is 19.6. The van der Waals surface area contributed by atoms with Crippen LogP contribution in [0.3, 0.4) is 0 Å². The summed E-state index contributed by atoms with van der Waals surface area (Å²) in [6, 6.07) is 15.9. The minimum Gasteiger partial charge on any atom is -0.456 e. The summed E-state index contributed by atoms with van der Waals surface area (Å²) in [6.45, 7) is 5.83. The zero-order valence-corrected chi connectivity index (χ0v) is 23.4. The number of rotatable bonds is 2. The Morgan fingerprint density at radius 2 is 1.90 bits per heavy atom. The fourth-order valence-electron chi connectivity index (χ4n) is 8.07. The molecule has 2 aliphatic heterocycles. The Labute approximate surface area is 237 Å². The standard InChI is InChI=1S/C38H35NO/c1-38(2)32-15-6-3-13-29(32)36-31-23-25(18-19-35(31)40-34-17-8-5-14-30(34)37(36)38)24-10-9-11-26(22-24)27-20-21-39-33-16-7-4-12-28(27)33/h4-5,7-8,10,12,14,16-19,22-23,29,32-33,39H,3,9,11,13,20-21H2,1-2H3. The van der Waals surface area contributed by atoms with Crippen molar-refractivity contribution >= 4 is 16.7 Å². The number of hydrogen-bond acceptors (Lipinski definition) is 2. The van der Waals surface area contributed by atoms with Gasteiger partial charge in [0.25, 0.3) is 0 Å². The predicted octanol–water partition coefficient (Wildman–Crippen LogP) is 8.66. The minimum atomic E-state index is -0.0386. The topological polar surface area (TPSA) is 21.3 Å². The van der Waals surface area contributed by atoms with Gasteiger partial charge in [-0.1, -0.05) is 80.5 Å². The van der Waals surface area contributed by atoms with Crippen LogP contribution >= 0.6 is 0 Å². The summed E-state index contributed by atoms with van der Waals surface area (Å²) in [5.74, 6) is 9.85. The molecule has 0 saturated heterocycles. The first-order valence-electron chi connectivity index (χ1n) is 15.0. The molecule has 8 rings (SSSR count). The normalized spacial score (nSPS) is 27.1. The van der Waals surface area contributed by atoms with E-state index >= 15 is 0 Å². The smallest absolute Gasteiger partial charge is 0.135 e. The lowest BCUT2D eigenvalue weighted by atomic mass is 9.71. The molecule has 0 spiro atoms. The molecular weight excluding hydrogens is 486 g/mol. The summed E-state index contributed by atoms with van der Waals surface area (Å²) in [5, 5.41) is 3.66. The second kappa shape index (κ2) is 9.12. The van der Waals surface area contributed by atoms with Crippen LogP contribution < -0.4 is 10.1 Å². The highest BCUT2D eigenvalue weighted by Crippen LogP contribution is 2.63. The van der Waals surface area contributed by atoms with Crippen LogP contribution in [0.4, 0.5) is 0 Å². The predicted molar refractivity (Wildman–Crippen MR) is 165 cm³/mol. The van der Waals surface area contributed by atoms with Gasteiger partial charge >= 0.3 is 0 Å². The van der Waals surface area contributed by atoms with Crippen molar-refractivity contribution in [3.63, 3.8) is 0 Å². The number of para-hydroxylation sites is 1. The first kappa shape index (κ1) is 24.0. The lowest BCUT2D eigenvalue weighted by Gasteiger charge is -2.32. The molecule has 0 radical (unpaired) electrons. The number of ether oxygens (including phenoxy) is 1. The maximum absolute atomic E-state index is 6.69. The zero-order valence-electron chi connectivity index (χ0n) is 23.4. The molecule has 0 bridgehead atoms. The van der Waals surface area contributed by atoms with E-state index in [1.54, 1.807) is 0 Å². The first-order valence-corrected chi connectivity index (χ1v) is 15.0. The Hall–Kier alpha value is -3.80. The van der Waals surface area contributed by atoms with Gasteiger partial charge in [0.1, 0.15) is 11.5 Å². The second-order valence-electron chi connectivity index (χ2n) is 12.5. The third-order valence-corrected chi connectivity index (χ3v) is 9.89. The van der Waals surface area contributed by atoms with Crippen molar-refractivity contribution in [1.82, 2.24) is 5.32 Å². The van der Waals surface area contributed by atoms with E-state index in [0.717, 1.165) is 50.1 Å². The van der Waals surface area contributed by atoms with E-state index < -0.39 is 0 Å². The van der Waals surface area contributed by atoms with Crippen LogP contribution in [0.25, 0.3) is 16.7 Å². The molecule has 2 heteroatoms. The van der Waals surface area contributed by atoms with Gasteiger partial charge in [0.2, 0.25) is 0 Å². The molecule has 2 aromatic carbocycles. The van der Waals surface area contributed by atoms with Crippen molar-refractivity contribution in [2.24, 2.45) is 17.3 Å². The molecule has 3 unspecified atom stereocenters. The van der Waals surface area contributed by atoms with Crippen LogP contribution in [-0.4, -0.2) is 12.6 Å². The summed E-state index contributed by atoms with van der Waals surface area (Å²) >= 11 is 0. The summed E-state index contributed by atoms with van der Waals surface area (Å²) in [6.07, 6.45) is 19.2. The van der Waals surface area contributed by atoms with Crippen molar-refractivity contribution < 1.29 is 4.74 Å². The molecule has 2 aromatic rings. The van der Waals surface area contributed by atoms with Crippen LogP contribution in [0.2, 0.25) is 0 Å². The molecule has 4 aliphatic carbocycles. The van der Waals surface area contributed by atoms with Gasteiger partial charge in [0.15, 0.2) is 0 Å².